The van der Waals surface area contributed by atoms with Crippen molar-refractivity contribution in [2.75, 3.05) is 0 Å². The van der Waals surface area contributed by atoms with Crippen molar-refractivity contribution in [3.63, 3.8) is 0 Å². The molecule has 5 aromatic heterocycles. The van der Waals surface area contributed by atoms with Gasteiger partial charge >= 0.3 is 0 Å². The van der Waals surface area contributed by atoms with Crippen LogP contribution in [0.3, 0.4) is 0 Å². The Kier molecular flexibility index (Phi) is 2.79. The van der Waals surface area contributed by atoms with E-state index in [1.54, 1.807) is 6.33 Å². The second-order valence-corrected chi connectivity index (χ2v) is 6.54. The number of nitrogens with zero attached hydrogens (tertiary/aromatic N) is 5. The summed E-state index contributed by atoms with van der Waals surface area (Å²) in [5, 5.41) is 4.65. The first-order valence-corrected chi connectivity index (χ1v) is 8.71. The lowest BCUT2D eigenvalue weighted by Gasteiger charge is -1.98. The molecule has 6 heteroatoms. The second kappa shape index (κ2) is 5.28. The fraction of sp³-hybridized carbons (Fsp3) is 0. The van der Waals surface area contributed by atoms with E-state index in [0.29, 0.717) is 0 Å². The molecule has 0 bridgehead atoms. The molecule has 0 radical (unpaired) electrons. The molecule has 0 saturated carbocycles. The van der Waals surface area contributed by atoms with Gasteiger partial charge in [-0.25, -0.2) is 14.5 Å². The van der Waals surface area contributed by atoms with Gasteiger partial charge in [-0.2, -0.15) is 5.10 Å². The number of H-pyrrole nitrogens is 1. The Morgan fingerprint density at radius 1 is 0.852 bits per heavy atom. The number of aromatic amines is 1. The average Bonchev–Trinajstić information content (AvgIpc) is 3.42. The van der Waals surface area contributed by atoms with E-state index in [2.05, 4.69) is 45.5 Å². The van der Waals surface area contributed by atoms with Gasteiger partial charge in [-0.3, -0.25) is 0 Å². The Balaban J connectivity index is 1.46. The molecule has 6 nitrogen and oxygen atoms in total. The first-order chi connectivity index (χ1) is 13.3. The number of hydrogen-bond donors (Lipinski definition) is 1. The number of rotatable bonds is 2. The monoisotopic (exact) mass is 350 g/mol. The van der Waals surface area contributed by atoms with E-state index < -0.39 is 0 Å². The first-order valence-electron chi connectivity index (χ1n) is 8.71. The molecule has 1 aromatic carbocycles. The molecule has 6 rings (SSSR count). The van der Waals surface area contributed by atoms with Crippen molar-refractivity contribution in [3.8, 4) is 22.5 Å². The zero-order chi connectivity index (χ0) is 17.8. The van der Waals surface area contributed by atoms with E-state index in [1.165, 1.54) is 0 Å². The summed E-state index contributed by atoms with van der Waals surface area (Å²) >= 11 is 0. The van der Waals surface area contributed by atoms with Crippen molar-refractivity contribution >= 4 is 22.2 Å². The normalized spacial score (nSPS) is 11.7. The Morgan fingerprint density at radius 2 is 1.81 bits per heavy atom. The van der Waals surface area contributed by atoms with Gasteiger partial charge in [0.15, 0.2) is 0 Å². The van der Waals surface area contributed by atoms with Crippen LogP contribution in [0.5, 0.6) is 0 Å². The highest BCUT2D eigenvalue weighted by molar-refractivity contribution is 5.81. The van der Waals surface area contributed by atoms with E-state index in [1.807, 2.05) is 51.6 Å². The maximum absolute atomic E-state index is 4.75. The molecule has 128 valence electrons. The van der Waals surface area contributed by atoms with E-state index in [4.69, 9.17) is 4.98 Å². The summed E-state index contributed by atoms with van der Waals surface area (Å²) in [6.07, 6.45) is 7.78. The molecule has 0 amide bonds. The van der Waals surface area contributed by atoms with Crippen LogP contribution in [-0.4, -0.2) is 29.0 Å². The van der Waals surface area contributed by atoms with Crippen molar-refractivity contribution in [1.82, 2.24) is 29.0 Å². The summed E-state index contributed by atoms with van der Waals surface area (Å²) in [6.45, 7) is 0. The number of fused-ring (bicyclic) bond motifs is 3. The Bertz CT molecular complexity index is 1400. The Morgan fingerprint density at radius 3 is 2.78 bits per heavy atom. The van der Waals surface area contributed by atoms with E-state index in [0.717, 1.165) is 44.7 Å². The number of benzene rings is 1. The SMILES string of the molecule is c1ccn2nc(-c3ccc4nc(-c5ccc6nc[nH]c6c5)cn4c3)cc2c1. The number of hydrogen-bond acceptors (Lipinski definition) is 3. The van der Waals surface area contributed by atoms with Gasteiger partial charge in [0.25, 0.3) is 0 Å². The minimum Gasteiger partial charge on any atom is -0.345 e. The molecule has 0 unspecified atom stereocenters. The van der Waals surface area contributed by atoms with Crippen LogP contribution >= 0.6 is 0 Å². The summed E-state index contributed by atoms with van der Waals surface area (Å²) in [6, 6.07) is 18.4. The van der Waals surface area contributed by atoms with Gasteiger partial charge in [0.2, 0.25) is 0 Å². The molecule has 0 spiro atoms. The highest BCUT2D eigenvalue weighted by Crippen LogP contribution is 2.25. The smallest absolute Gasteiger partial charge is 0.137 e. The third-order valence-corrected chi connectivity index (χ3v) is 4.83. The number of aromatic nitrogens is 6. The first kappa shape index (κ1) is 14.3. The molecule has 0 fully saturated rings. The lowest BCUT2D eigenvalue weighted by molar-refractivity contribution is 0.964. The van der Waals surface area contributed by atoms with E-state index in [-0.39, 0.29) is 0 Å². The van der Waals surface area contributed by atoms with Gasteiger partial charge in [-0.1, -0.05) is 12.1 Å². The van der Waals surface area contributed by atoms with Crippen LogP contribution < -0.4 is 0 Å². The van der Waals surface area contributed by atoms with Gasteiger partial charge in [0, 0.05) is 29.7 Å². The van der Waals surface area contributed by atoms with Crippen molar-refractivity contribution < 1.29 is 0 Å². The van der Waals surface area contributed by atoms with Crippen molar-refractivity contribution in [3.05, 3.63) is 79.5 Å². The van der Waals surface area contributed by atoms with Gasteiger partial charge < -0.3 is 9.38 Å². The topological polar surface area (TPSA) is 63.3 Å². The molecular formula is C21H14N6. The molecular weight excluding hydrogens is 336 g/mol. The van der Waals surface area contributed by atoms with Crippen LogP contribution in [0, 0.1) is 0 Å². The van der Waals surface area contributed by atoms with Crippen LogP contribution in [0.2, 0.25) is 0 Å². The maximum atomic E-state index is 4.75. The van der Waals surface area contributed by atoms with E-state index in [9.17, 15) is 0 Å². The number of pyridine rings is 2. The highest BCUT2D eigenvalue weighted by atomic mass is 15.2. The Hall–Kier alpha value is -3.93. The summed E-state index contributed by atoms with van der Waals surface area (Å²) in [4.78, 5) is 12.2. The standard InChI is InChI=1S/C21H14N6/c1-2-8-27-16(3-1)10-18(25-27)15-5-7-21-24-20(12-26(21)11-15)14-4-6-17-19(9-14)23-13-22-17/h1-13H,(H,22,23). The lowest BCUT2D eigenvalue weighted by Crippen LogP contribution is -1.87. The molecule has 0 aliphatic rings. The third-order valence-electron chi connectivity index (χ3n) is 4.83. The second-order valence-electron chi connectivity index (χ2n) is 6.54. The largest absolute Gasteiger partial charge is 0.345 e. The van der Waals surface area contributed by atoms with Crippen molar-refractivity contribution in [1.29, 1.82) is 0 Å². The van der Waals surface area contributed by atoms with Gasteiger partial charge in [0.1, 0.15) is 5.65 Å². The summed E-state index contributed by atoms with van der Waals surface area (Å²) in [5.74, 6) is 0. The molecule has 0 aliphatic carbocycles. The van der Waals surface area contributed by atoms with Crippen LogP contribution in [0.25, 0.3) is 44.7 Å². The average molecular weight is 350 g/mol. The maximum Gasteiger partial charge on any atom is 0.137 e. The Labute approximate surface area is 153 Å². The van der Waals surface area contributed by atoms with Crippen LogP contribution in [0.1, 0.15) is 0 Å². The fourth-order valence-corrected chi connectivity index (χ4v) is 3.46. The van der Waals surface area contributed by atoms with Gasteiger partial charge in [-0.15, -0.1) is 0 Å². The van der Waals surface area contributed by atoms with Crippen LogP contribution in [-0.2, 0) is 0 Å². The molecule has 0 atom stereocenters. The number of imidazole rings is 2. The van der Waals surface area contributed by atoms with Crippen molar-refractivity contribution in [2.24, 2.45) is 0 Å². The molecule has 5 heterocycles. The lowest BCUT2D eigenvalue weighted by atomic mass is 10.1. The highest BCUT2D eigenvalue weighted by Gasteiger charge is 2.09. The van der Waals surface area contributed by atoms with Crippen LogP contribution in [0.15, 0.2) is 79.5 Å². The molecule has 0 saturated heterocycles. The fourth-order valence-electron chi connectivity index (χ4n) is 3.46. The van der Waals surface area contributed by atoms with Crippen molar-refractivity contribution in [2.45, 2.75) is 0 Å². The summed E-state index contributed by atoms with van der Waals surface area (Å²) in [5.41, 5.74) is 7.93. The van der Waals surface area contributed by atoms with Gasteiger partial charge in [0.05, 0.1) is 34.3 Å². The summed E-state index contributed by atoms with van der Waals surface area (Å²) < 4.78 is 3.93. The summed E-state index contributed by atoms with van der Waals surface area (Å²) in [7, 11) is 0. The van der Waals surface area contributed by atoms with Crippen LogP contribution in [0.4, 0.5) is 0 Å². The predicted octanol–water partition coefficient (Wildman–Crippen LogP) is 4.19. The minimum absolute atomic E-state index is 0.905. The molecule has 27 heavy (non-hydrogen) atoms. The molecule has 6 aromatic rings. The quantitative estimate of drug-likeness (QED) is 0.509. The van der Waals surface area contributed by atoms with Gasteiger partial charge in [-0.05, 0) is 42.5 Å². The van der Waals surface area contributed by atoms with E-state index >= 15 is 0 Å². The number of nitrogens with one attached hydrogen (secondary N) is 1. The third kappa shape index (κ3) is 2.23. The zero-order valence-electron chi connectivity index (χ0n) is 14.2. The zero-order valence-corrected chi connectivity index (χ0v) is 14.2. The molecule has 1 N–H and O–H groups in total. The minimum atomic E-state index is 0.905. The molecule has 0 aliphatic heterocycles. The predicted molar refractivity (Wildman–Crippen MR) is 104 cm³/mol.